The number of nitrogens with zero attached hydrogens (tertiary/aromatic N) is 2. The molecule has 4 nitrogen and oxygen atoms in total. The molecule has 0 fully saturated rings. The van der Waals surface area contributed by atoms with Gasteiger partial charge in [0.2, 0.25) is 0 Å². The number of furan rings is 1. The number of anilines is 1. The molecular formula is C20H19N3O. The van der Waals surface area contributed by atoms with Crippen molar-refractivity contribution in [2.75, 3.05) is 11.9 Å². The van der Waals surface area contributed by atoms with Crippen LogP contribution in [0.1, 0.15) is 18.3 Å². The van der Waals surface area contributed by atoms with Crippen LogP contribution in [0.2, 0.25) is 0 Å². The Bertz CT molecular complexity index is 976. The molecule has 0 atom stereocenters. The molecule has 0 aliphatic rings. The van der Waals surface area contributed by atoms with Crippen LogP contribution in [0.5, 0.6) is 0 Å². The molecule has 4 heteroatoms. The summed E-state index contributed by atoms with van der Waals surface area (Å²) < 4.78 is 6.00. The molecule has 2 heterocycles. The number of aromatic nitrogens is 2. The zero-order chi connectivity index (χ0) is 16.4. The largest absolute Gasteiger partial charge is 0.450 e. The summed E-state index contributed by atoms with van der Waals surface area (Å²) in [4.78, 5) is 9.29. The smallest absolute Gasteiger partial charge is 0.196 e. The molecule has 120 valence electrons. The molecule has 24 heavy (non-hydrogen) atoms. The summed E-state index contributed by atoms with van der Waals surface area (Å²) in [5.41, 5.74) is 3.78. The van der Waals surface area contributed by atoms with Crippen LogP contribution in [-0.4, -0.2) is 16.5 Å². The van der Waals surface area contributed by atoms with Crippen LogP contribution in [-0.2, 0) is 12.8 Å². The van der Waals surface area contributed by atoms with Gasteiger partial charge in [0.1, 0.15) is 16.9 Å². The van der Waals surface area contributed by atoms with Gasteiger partial charge in [-0.1, -0.05) is 49.4 Å². The number of hydrogen-bond acceptors (Lipinski definition) is 4. The number of nitrogens with one attached hydrogen (secondary N) is 1. The first kappa shape index (κ1) is 14.7. The highest BCUT2D eigenvalue weighted by molar-refractivity contribution is 6.05. The summed E-state index contributed by atoms with van der Waals surface area (Å²) in [6.07, 6.45) is 1.73. The Morgan fingerprint density at radius 3 is 2.58 bits per heavy atom. The molecule has 0 saturated heterocycles. The van der Waals surface area contributed by atoms with Crippen LogP contribution in [0, 0.1) is 0 Å². The van der Waals surface area contributed by atoms with Crippen LogP contribution in [0.15, 0.2) is 59.0 Å². The molecule has 2 aromatic carbocycles. The number of aryl methyl sites for hydroxylation is 1. The molecule has 0 aliphatic heterocycles. The number of para-hydroxylation sites is 1. The Kier molecular flexibility index (Phi) is 3.87. The van der Waals surface area contributed by atoms with E-state index in [1.54, 1.807) is 0 Å². The predicted molar refractivity (Wildman–Crippen MR) is 97.3 cm³/mol. The van der Waals surface area contributed by atoms with Crippen molar-refractivity contribution in [3.8, 4) is 0 Å². The highest BCUT2D eigenvalue weighted by Gasteiger charge is 2.14. The standard InChI is InChI=1S/C20H19N3O/c1-2-17-22-18-15-10-6-7-11-16(15)24-19(18)20(23-17)21-13-12-14-8-4-3-5-9-14/h3-11H,2,12-13H2,1H3,(H,21,22,23). The molecule has 0 radical (unpaired) electrons. The van der Waals surface area contributed by atoms with Crippen LogP contribution in [0.3, 0.4) is 0 Å². The highest BCUT2D eigenvalue weighted by Crippen LogP contribution is 2.31. The fraction of sp³-hybridized carbons (Fsp3) is 0.200. The van der Waals surface area contributed by atoms with Gasteiger partial charge in [-0.25, -0.2) is 9.97 Å². The Hall–Kier alpha value is -2.88. The van der Waals surface area contributed by atoms with Gasteiger partial charge in [-0.3, -0.25) is 0 Å². The minimum Gasteiger partial charge on any atom is -0.450 e. The second kappa shape index (κ2) is 6.32. The van der Waals surface area contributed by atoms with Crippen molar-refractivity contribution in [2.45, 2.75) is 19.8 Å². The van der Waals surface area contributed by atoms with Gasteiger partial charge in [-0.2, -0.15) is 0 Å². The average Bonchev–Trinajstić information content (AvgIpc) is 3.01. The maximum Gasteiger partial charge on any atom is 0.196 e. The Labute approximate surface area is 140 Å². The first-order valence-electron chi connectivity index (χ1n) is 8.31. The summed E-state index contributed by atoms with van der Waals surface area (Å²) in [6, 6.07) is 18.4. The Balaban J connectivity index is 1.68. The average molecular weight is 317 g/mol. The van der Waals surface area contributed by atoms with Gasteiger partial charge < -0.3 is 9.73 Å². The SMILES string of the molecule is CCc1nc(NCCc2ccccc2)c2oc3ccccc3c2n1. The quantitative estimate of drug-likeness (QED) is 0.585. The van der Waals surface area contributed by atoms with E-state index in [1.807, 2.05) is 30.3 Å². The second-order valence-corrected chi connectivity index (χ2v) is 5.78. The van der Waals surface area contributed by atoms with E-state index in [-0.39, 0.29) is 0 Å². The van der Waals surface area contributed by atoms with Gasteiger partial charge in [0.05, 0.1) is 0 Å². The van der Waals surface area contributed by atoms with Crippen molar-refractivity contribution in [3.63, 3.8) is 0 Å². The third-order valence-corrected chi connectivity index (χ3v) is 4.13. The van der Waals surface area contributed by atoms with E-state index in [1.165, 1.54) is 5.56 Å². The predicted octanol–water partition coefficient (Wildman–Crippen LogP) is 4.59. The monoisotopic (exact) mass is 317 g/mol. The lowest BCUT2D eigenvalue weighted by atomic mass is 10.1. The maximum absolute atomic E-state index is 6.00. The molecule has 0 aliphatic carbocycles. The fourth-order valence-corrected chi connectivity index (χ4v) is 2.89. The minimum atomic E-state index is 0.737. The molecule has 2 aromatic heterocycles. The van der Waals surface area contributed by atoms with E-state index < -0.39 is 0 Å². The number of rotatable bonds is 5. The van der Waals surface area contributed by atoms with E-state index in [0.29, 0.717) is 0 Å². The van der Waals surface area contributed by atoms with Gasteiger partial charge in [0, 0.05) is 18.4 Å². The van der Waals surface area contributed by atoms with Gasteiger partial charge in [0.25, 0.3) is 0 Å². The van der Waals surface area contributed by atoms with Crippen molar-refractivity contribution < 1.29 is 4.42 Å². The number of benzene rings is 2. The second-order valence-electron chi connectivity index (χ2n) is 5.78. The summed E-state index contributed by atoms with van der Waals surface area (Å²) in [7, 11) is 0. The molecule has 0 amide bonds. The van der Waals surface area contributed by atoms with Crippen LogP contribution < -0.4 is 5.32 Å². The first-order valence-corrected chi connectivity index (χ1v) is 8.31. The van der Waals surface area contributed by atoms with Crippen molar-refractivity contribution in [1.82, 2.24) is 9.97 Å². The van der Waals surface area contributed by atoms with Crippen LogP contribution in [0.4, 0.5) is 5.82 Å². The molecule has 0 bridgehead atoms. The molecule has 1 N–H and O–H groups in total. The molecule has 4 rings (SSSR count). The zero-order valence-electron chi connectivity index (χ0n) is 13.6. The van der Waals surface area contributed by atoms with Crippen molar-refractivity contribution in [1.29, 1.82) is 0 Å². The first-order chi connectivity index (χ1) is 11.8. The van der Waals surface area contributed by atoms with Gasteiger partial charge in [-0.15, -0.1) is 0 Å². The van der Waals surface area contributed by atoms with Gasteiger partial charge >= 0.3 is 0 Å². The molecule has 0 spiro atoms. The normalized spacial score (nSPS) is 11.2. The summed E-state index contributed by atoms with van der Waals surface area (Å²) in [6.45, 7) is 2.87. The van der Waals surface area contributed by atoms with E-state index in [0.717, 1.165) is 53.1 Å². The van der Waals surface area contributed by atoms with Gasteiger partial charge in [-0.05, 0) is 24.1 Å². The maximum atomic E-state index is 6.00. The van der Waals surface area contributed by atoms with Crippen LogP contribution >= 0.6 is 0 Å². The number of fused-ring (bicyclic) bond motifs is 3. The minimum absolute atomic E-state index is 0.737. The summed E-state index contributed by atoms with van der Waals surface area (Å²) in [5.74, 6) is 1.61. The summed E-state index contributed by atoms with van der Waals surface area (Å²) in [5, 5.41) is 4.46. The molecule has 0 unspecified atom stereocenters. The molecular weight excluding hydrogens is 298 g/mol. The topological polar surface area (TPSA) is 51.0 Å². The Morgan fingerprint density at radius 1 is 0.958 bits per heavy atom. The third-order valence-electron chi connectivity index (χ3n) is 4.13. The Morgan fingerprint density at radius 2 is 1.75 bits per heavy atom. The van der Waals surface area contributed by atoms with Crippen molar-refractivity contribution >= 4 is 27.9 Å². The van der Waals surface area contributed by atoms with E-state index >= 15 is 0 Å². The fourth-order valence-electron chi connectivity index (χ4n) is 2.89. The van der Waals surface area contributed by atoms with Crippen molar-refractivity contribution in [2.24, 2.45) is 0 Å². The molecule has 4 aromatic rings. The lowest BCUT2D eigenvalue weighted by molar-refractivity contribution is 0.665. The van der Waals surface area contributed by atoms with E-state index in [2.05, 4.69) is 46.5 Å². The number of hydrogen-bond donors (Lipinski definition) is 1. The zero-order valence-corrected chi connectivity index (χ0v) is 13.6. The van der Waals surface area contributed by atoms with E-state index in [4.69, 9.17) is 4.42 Å². The molecule has 0 saturated carbocycles. The van der Waals surface area contributed by atoms with Gasteiger partial charge in [0.15, 0.2) is 11.4 Å². The van der Waals surface area contributed by atoms with Crippen LogP contribution in [0.25, 0.3) is 22.1 Å². The van der Waals surface area contributed by atoms with Crippen molar-refractivity contribution in [3.05, 3.63) is 66.0 Å². The lowest BCUT2D eigenvalue weighted by Crippen LogP contribution is -2.08. The highest BCUT2D eigenvalue weighted by atomic mass is 16.3. The van der Waals surface area contributed by atoms with E-state index in [9.17, 15) is 0 Å². The third kappa shape index (κ3) is 2.71. The summed E-state index contributed by atoms with van der Waals surface area (Å²) >= 11 is 0. The lowest BCUT2D eigenvalue weighted by Gasteiger charge is -2.07.